The summed E-state index contributed by atoms with van der Waals surface area (Å²) < 4.78 is 0.565. The van der Waals surface area contributed by atoms with Gasteiger partial charge in [-0.2, -0.15) is 22.0 Å². The SMILES string of the molecule is CC1C=[C-]C=C(Br)C(C(=O)O)=C1.[W]. The molecule has 4 heteroatoms. The molecule has 0 saturated heterocycles. The summed E-state index contributed by atoms with van der Waals surface area (Å²) in [6.45, 7) is 1.91. The molecule has 1 rings (SSSR count). The van der Waals surface area contributed by atoms with Crippen LogP contribution in [0, 0.1) is 12.0 Å². The average molecular weight is 412 g/mol. The van der Waals surface area contributed by atoms with Gasteiger partial charge in [0, 0.05) is 21.1 Å². The van der Waals surface area contributed by atoms with Crippen LogP contribution in [0.25, 0.3) is 0 Å². The van der Waals surface area contributed by atoms with Crippen molar-refractivity contribution in [2.45, 2.75) is 6.92 Å². The Morgan fingerprint density at radius 2 is 2.31 bits per heavy atom. The first-order valence-electron chi connectivity index (χ1n) is 3.52. The Morgan fingerprint density at radius 1 is 1.69 bits per heavy atom. The molecule has 2 nitrogen and oxygen atoms in total. The van der Waals surface area contributed by atoms with E-state index in [9.17, 15) is 4.79 Å². The number of aliphatic carboxylic acids is 1. The second kappa shape index (κ2) is 5.56. The molecule has 0 amide bonds. The van der Waals surface area contributed by atoms with Gasteiger partial charge in [0.15, 0.2) is 0 Å². The first kappa shape index (κ1) is 12.9. The zero-order valence-electron chi connectivity index (χ0n) is 6.95. The Balaban J connectivity index is 0.00000144. The maximum atomic E-state index is 10.7. The molecule has 1 unspecified atom stereocenters. The monoisotopic (exact) mass is 411 g/mol. The summed E-state index contributed by atoms with van der Waals surface area (Å²) in [6, 6.07) is 0. The fourth-order valence-corrected chi connectivity index (χ4v) is 1.35. The van der Waals surface area contributed by atoms with Crippen molar-refractivity contribution in [1.29, 1.82) is 0 Å². The second-order valence-corrected chi connectivity index (χ2v) is 3.42. The smallest absolute Gasteiger partial charge is 0.318 e. The summed E-state index contributed by atoms with van der Waals surface area (Å²) in [7, 11) is 0. The summed E-state index contributed by atoms with van der Waals surface area (Å²) in [5.74, 6) is -0.801. The van der Waals surface area contributed by atoms with Crippen LogP contribution in [0.4, 0.5) is 0 Å². The topological polar surface area (TPSA) is 37.3 Å². The minimum atomic E-state index is -0.915. The molecule has 13 heavy (non-hydrogen) atoms. The molecule has 70 valence electrons. The van der Waals surface area contributed by atoms with Crippen molar-refractivity contribution < 1.29 is 31.0 Å². The summed E-state index contributed by atoms with van der Waals surface area (Å²) in [5.41, 5.74) is 0.295. The van der Waals surface area contributed by atoms with E-state index in [0.717, 1.165) is 0 Å². The predicted molar refractivity (Wildman–Crippen MR) is 49.7 cm³/mol. The van der Waals surface area contributed by atoms with E-state index < -0.39 is 5.97 Å². The molecule has 0 aliphatic heterocycles. The molecule has 1 aliphatic rings. The first-order valence-corrected chi connectivity index (χ1v) is 4.31. The number of halogens is 1. The van der Waals surface area contributed by atoms with Crippen LogP contribution in [0.2, 0.25) is 0 Å². The molecule has 0 fully saturated rings. The van der Waals surface area contributed by atoms with Crippen LogP contribution in [-0.4, -0.2) is 11.1 Å². The molecular formula is C9H8BrO2W-. The van der Waals surface area contributed by atoms with E-state index in [1.807, 2.05) is 13.0 Å². The third-order valence-electron chi connectivity index (χ3n) is 1.49. The van der Waals surface area contributed by atoms with Crippen LogP contribution in [0.1, 0.15) is 6.92 Å². The van der Waals surface area contributed by atoms with Gasteiger partial charge in [0.2, 0.25) is 0 Å². The fraction of sp³-hybridized carbons (Fsp3) is 0.222. The maximum absolute atomic E-state index is 10.7. The molecule has 0 aromatic heterocycles. The number of rotatable bonds is 1. The molecule has 0 bridgehead atoms. The van der Waals surface area contributed by atoms with E-state index >= 15 is 0 Å². The van der Waals surface area contributed by atoms with Crippen molar-refractivity contribution in [1.82, 2.24) is 0 Å². The third kappa shape index (κ3) is 3.61. The van der Waals surface area contributed by atoms with Crippen LogP contribution in [-0.2, 0) is 25.9 Å². The summed E-state index contributed by atoms with van der Waals surface area (Å²) in [6.07, 6.45) is 8.00. The van der Waals surface area contributed by atoms with Crippen LogP contribution >= 0.6 is 15.9 Å². The molecule has 0 radical (unpaired) electrons. The molecule has 1 N–H and O–H groups in total. The van der Waals surface area contributed by atoms with E-state index in [-0.39, 0.29) is 27.0 Å². The van der Waals surface area contributed by atoms with E-state index in [2.05, 4.69) is 22.0 Å². The Hall–Kier alpha value is -0.142. The van der Waals surface area contributed by atoms with Crippen LogP contribution in [0.15, 0.2) is 28.3 Å². The fourth-order valence-electron chi connectivity index (χ4n) is 0.915. The van der Waals surface area contributed by atoms with Gasteiger partial charge in [-0.15, -0.1) is 4.48 Å². The van der Waals surface area contributed by atoms with Crippen molar-refractivity contribution in [3.8, 4) is 0 Å². The van der Waals surface area contributed by atoms with Gasteiger partial charge < -0.3 is 5.11 Å². The number of carbonyl (C=O) groups is 1. The largest absolute Gasteiger partial charge is 0.479 e. The number of allylic oxidation sites excluding steroid dienone is 4. The second-order valence-electron chi connectivity index (χ2n) is 2.57. The molecule has 0 saturated carbocycles. The predicted octanol–water partition coefficient (Wildman–Crippen LogP) is 2.28. The third-order valence-corrected chi connectivity index (χ3v) is 2.14. The van der Waals surface area contributed by atoms with E-state index in [1.54, 1.807) is 12.2 Å². The van der Waals surface area contributed by atoms with Crippen molar-refractivity contribution in [3.05, 3.63) is 34.4 Å². The summed E-state index contributed by atoms with van der Waals surface area (Å²) in [4.78, 5) is 10.7. The van der Waals surface area contributed by atoms with Crippen molar-refractivity contribution in [3.63, 3.8) is 0 Å². The quantitative estimate of drug-likeness (QED) is 0.672. The standard InChI is InChI=1S/C9H8BrO2.W/c1-6-3-2-4-8(10)7(5-6)9(11)12;/h3-6H,1H3,(H,11,12);/q-1;. The molecule has 0 spiro atoms. The minimum absolute atomic E-state index is 0. The molecule has 1 aliphatic carbocycles. The van der Waals surface area contributed by atoms with Crippen LogP contribution in [0.5, 0.6) is 0 Å². The van der Waals surface area contributed by atoms with Gasteiger partial charge in [-0.3, -0.25) is 6.08 Å². The van der Waals surface area contributed by atoms with Gasteiger partial charge in [-0.1, -0.05) is 13.0 Å². The maximum Gasteiger partial charge on any atom is 0.318 e. The van der Waals surface area contributed by atoms with Gasteiger partial charge in [0.1, 0.15) is 0 Å². The van der Waals surface area contributed by atoms with Gasteiger partial charge in [-0.05, 0) is 11.5 Å². The zero-order valence-corrected chi connectivity index (χ0v) is 11.5. The van der Waals surface area contributed by atoms with Gasteiger partial charge in [0.25, 0.3) is 0 Å². The van der Waals surface area contributed by atoms with Crippen molar-refractivity contribution in [2.75, 3.05) is 0 Å². The van der Waals surface area contributed by atoms with Crippen molar-refractivity contribution >= 4 is 21.9 Å². The number of hydrogen-bond acceptors (Lipinski definition) is 1. The summed E-state index contributed by atoms with van der Waals surface area (Å²) in [5, 5.41) is 8.77. The van der Waals surface area contributed by atoms with Crippen molar-refractivity contribution in [2.24, 2.45) is 5.92 Å². The van der Waals surface area contributed by atoms with Gasteiger partial charge >= 0.3 is 5.97 Å². The number of carboxylic acid groups (broad SMARTS) is 1. The summed E-state index contributed by atoms with van der Waals surface area (Å²) >= 11 is 3.16. The number of hydrogen-bond donors (Lipinski definition) is 1. The normalized spacial score (nSPS) is 20.9. The van der Waals surface area contributed by atoms with Crippen LogP contribution in [0.3, 0.4) is 0 Å². The minimum Gasteiger partial charge on any atom is -0.479 e. The Kier molecular flexibility index (Phi) is 5.50. The number of carboxylic acids is 1. The molecule has 1 atom stereocenters. The first-order chi connectivity index (χ1) is 5.61. The van der Waals surface area contributed by atoms with Crippen LogP contribution < -0.4 is 0 Å². The average Bonchev–Trinajstić information content (AvgIpc) is 2.13. The zero-order chi connectivity index (χ0) is 9.14. The molecule has 0 aromatic rings. The van der Waals surface area contributed by atoms with Gasteiger partial charge in [-0.25, -0.2) is 10.9 Å². The van der Waals surface area contributed by atoms with Gasteiger partial charge in [0.05, 0.1) is 0 Å². The Bertz CT molecular complexity index is 292. The van der Waals surface area contributed by atoms with E-state index in [1.165, 1.54) is 0 Å². The molecule has 0 aromatic carbocycles. The van der Waals surface area contributed by atoms with E-state index in [0.29, 0.717) is 10.1 Å². The Labute approximate surface area is 99.8 Å². The Morgan fingerprint density at radius 3 is 2.85 bits per heavy atom. The molecular weight excluding hydrogens is 404 g/mol. The van der Waals surface area contributed by atoms with E-state index in [4.69, 9.17) is 5.11 Å². The molecule has 0 heterocycles.